The molecule has 0 bridgehead atoms. The largest absolute Gasteiger partial charge is 0.366 e. The van der Waals surface area contributed by atoms with Gasteiger partial charge in [-0.05, 0) is 87.7 Å². The van der Waals surface area contributed by atoms with Crippen LogP contribution in [0.4, 0.5) is 5.69 Å². The zero-order valence-corrected chi connectivity index (χ0v) is 34.4. The normalized spacial score (nSPS) is 11.8. The molecule has 3 nitrogen and oxygen atoms in total. The number of aryl methyl sites for hydroxylation is 1. The Morgan fingerprint density at radius 1 is 0.567 bits per heavy atom. The Morgan fingerprint density at radius 2 is 1.22 bits per heavy atom. The van der Waals surface area contributed by atoms with Gasteiger partial charge in [-0.1, -0.05) is 188 Å². The quantitative estimate of drug-likeness (QED) is 0.107. The number of anilines is 1. The molecule has 2 N–H and O–H groups in total. The molecular formula is C56H43N3S. The fourth-order valence-electron chi connectivity index (χ4n) is 8.57. The number of nitrogens with zero attached hydrogens (tertiary/aromatic N) is 1. The second-order valence-corrected chi connectivity index (χ2v) is 16.5. The molecule has 0 spiro atoms. The number of fused-ring (bicyclic) bond motifs is 6. The molecule has 0 fully saturated rings. The molecule has 288 valence electrons. The number of nitrogens with one attached hydrogen (secondary N) is 2. The van der Waals surface area contributed by atoms with E-state index in [-0.39, 0.29) is 0 Å². The van der Waals surface area contributed by atoms with Crippen LogP contribution in [0.1, 0.15) is 34.7 Å². The van der Waals surface area contributed by atoms with Crippen molar-refractivity contribution in [2.24, 2.45) is 0 Å². The summed E-state index contributed by atoms with van der Waals surface area (Å²) in [5.74, 6) is 0. The van der Waals surface area contributed by atoms with E-state index in [1.54, 1.807) is 0 Å². The number of allylic oxidation sites excluding steroid dienone is 1. The third-order valence-corrected chi connectivity index (χ3v) is 12.9. The molecule has 0 radical (unpaired) electrons. The van der Waals surface area contributed by atoms with Crippen molar-refractivity contribution in [2.75, 3.05) is 5.32 Å². The lowest BCUT2D eigenvalue weighted by molar-refractivity contribution is 0.843. The predicted molar refractivity (Wildman–Crippen MR) is 258 cm³/mol. The van der Waals surface area contributed by atoms with Crippen LogP contribution < -0.4 is 5.32 Å². The Labute approximate surface area is 355 Å². The van der Waals surface area contributed by atoms with Crippen LogP contribution in [-0.4, -0.2) is 10.3 Å². The minimum atomic E-state index is 0.498. The van der Waals surface area contributed by atoms with Gasteiger partial charge in [0.2, 0.25) is 0 Å². The molecule has 0 amide bonds. The van der Waals surface area contributed by atoms with Crippen LogP contribution in [0.5, 0.6) is 0 Å². The molecular weight excluding hydrogens is 747 g/mol. The van der Waals surface area contributed by atoms with Crippen LogP contribution in [0.15, 0.2) is 204 Å². The van der Waals surface area contributed by atoms with Gasteiger partial charge in [0.05, 0.1) is 29.1 Å². The molecule has 0 aliphatic heterocycles. The van der Waals surface area contributed by atoms with E-state index in [4.69, 9.17) is 0 Å². The van der Waals surface area contributed by atoms with Crippen molar-refractivity contribution in [1.29, 1.82) is 5.41 Å². The SMILES string of the molecule is C/C(=C/c1ccccc1)c1ccccc1Sc1cc(-c2ccc3c4c5ccccc5ccc4n(CNc4c(C(=N)c5ccccc5)ccc5ccccc45)c3c2)ccc1C. The first-order valence-electron chi connectivity index (χ1n) is 20.5. The van der Waals surface area contributed by atoms with E-state index in [2.05, 4.69) is 194 Å². The first-order valence-corrected chi connectivity index (χ1v) is 21.3. The van der Waals surface area contributed by atoms with Crippen molar-refractivity contribution in [1.82, 2.24) is 4.57 Å². The number of benzene rings is 9. The molecule has 10 aromatic rings. The summed E-state index contributed by atoms with van der Waals surface area (Å²) >= 11 is 1.84. The van der Waals surface area contributed by atoms with E-state index in [0.717, 1.165) is 33.1 Å². The third kappa shape index (κ3) is 6.95. The minimum Gasteiger partial charge on any atom is -0.366 e. The molecule has 0 aliphatic carbocycles. The summed E-state index contributed by atoms with van der Waals surface area (Å²) < 4.78 is 2.42. The Bertz CT molecular complexity index is 3270. The highest BCUT2D eigenvalue weighted by Crippen LogP contribution is 2.41. The maximum Gasteiger partial charge on any atom is 0.0926 e. The molecule has 60 heavy (non-hydrogen) atoms. The first-order chi connectivity index (χ1) is 29.5. The maximum absolute atomic E-state index is 9.35. The smallest absolute Gasteiger partial charge is 0.0926 e. The van der Waals surface area contributed by atoms with Gasteiger partial charge in [0.25, 0.3) is 0 Å². The molecule has 0 unspecified atom stereocenters. The van der Waals surface area contributed by atoms with Crippen LogP contribution in [-0.2, 0) is 6.67 Å². The van der Waals surface area contributed by atoms with Crippen LogP contribution in [0.2, 0.25) is 0 Å². The van der Waals surface area contributed by atoms with Crippen LogP contribution in [0, 0.1) is 12.3 Å². The molecule has 0 atom stereocenters. The molecule has 10 rings (SSSR count). The molecule has 1 aromatic heterocycles. The fourth-order valence-corrected chi connectivity index (χ4v) is 9.71. The zero-order chi connectivity index (χ0) is 40.6. The summed E-state index contributed by atoms with van der Waals surface area (Å²) in [6, 6.07) is 69.0. The summed E-state index contributed by atoms with van der Waals surface area (Å²) in [6.45, 7) is 4.93. The summed E-state index contributed by atoms with van der Waals surface area (Å²) in [4.78, 5) is 2.48. The Hall–Kier alpha value is -7.14. The van der Waals surface area contributed by atoms with Crippen molar-refractivity contribution < 1.29 is 0 Å². The highest BCUT2D eigenvalue weighted by molar-refractivity contribution is 7.99. The van der Waals surface area contributed by atoms with Crippen molar-refractivity contribution in [2.45, 2.75) is 30.3 Å². The molecule has 0 aliphatic rings. The van der Waals surface area contributed by atoms with E-state index in [0.29, 0.717) is 12.4 Å². The molecule has 1 heterocycles. The summed E-state index contributed by atoms with van der Waals surface area (Å²) in [5.41, 5.74) is 12.8. The molecule has 0 saturated carbocycles. The topological polar surface area (TPSA) is 40.8 Å². The van der Waals surface area contributed by atoms with Gasteiger partial charge in [-0.3, -0.25) is 5.41 Å². The van der Waals surface area contributed by atoms with E-state index in [1.807, 2.05) is 42.1 Å². The maximum atomic E-state index is 9.35. The van der Waals surface area contributed by atoms with Crippen molar-refractivity contribution >= 4 is 78.2 Å². The number of aromatic nitrogens is 1. The number of hydrogen-bond acceptors (Lipinski definition) is 3. The summed E-state index contributed by atoms with van der Waals surface area (Å²) in [6.07, 6.45) is 2.27. The van der Waals surface area contributed by atoms with Crippen molar-refractivity contribution in [3.8, 4) is 11.1 Å². The second-order valence-electron chi connectivity index (χ2n) is 15.4. The van der Waals surface area contributed by atoms with E-state index in [9.17, 15) is 5.41 Å². The molecule has 4 heteroatoms. The highest BCUT2D eigenvalue weighted by atomic mass is 32.2. The molecule has 9 aromatic carbocycles. The van der Waals surface area contributed by atoms with Crippen LogP contribution in [0.25, 0.3) is 66.1 Å². The van der Waals surface area contributed by atoms with E-state index in [1.165, 1.54) is 70.2 Å². The van der Waals surface area contributed by atoms with Gasteiger partial charge in [0.15, 0.2) is 0 Å². The highest BCUT2D eigenvalue weighted by Gasteiger charge is 2.18. The average molecular weight is 790 g/mol. The number of hydrogen-bond donors (Lipinski definition) is 2. The summed E-state index contributed by atoms with van der Waals surface area (Å²) in [7, 11) is 0. The lowest BCUT2D eigenvalue weighted by Crippen LogP contribution is -2.12. The zero-order valence-electron chi connectivity index (χ0n) is 33.6. The number of rotatable bonds is 10. The van der Waals surface area contributed by atoms with Crippen LogP contribution in [0.3, 0.4) is 0 Å². The van der Waals surface area contributed by atoms with Crippen molar-refractivity contribution in [3.05, 3.63) is 222 Å². The lowest BCUT2D eigenvalue weighted by atomic mass is 9.96. The fraction of sp³-hybridized carbons (Fsp3) is 0.0536. The first kappa shape index (κ1) is 37.2. The van der Waals surface area contributed by atoms with Crippen molar-refractivity contribution in [3.63, 3.8) is 0 Å². The van der Waals surface area contributed by atoms with Gasteiger partial charge >= 0.3 is 0 Å². The van der Waals surface area contributed by atoms with Gasteiger partial charge in [0.1, 0.15) is 0 Å². The van der Waals surface area contributed by atoms with Gasteiger partial charge in [0, 0.05) is 37.1 Å². The standard InChI is InChI=1S/C56H43N3S/c1-37-25-26-44(35-53(37)60-52-24-14-13-21-45(52)38(2)33-39-15-5-3-6-16-39)43-28-30-48-51(34-43)59(50-32-29-40-17-9-11-22-46(40)54(48)50)36-58-56-47-23-12-10-18-41(47)27-31-49(56)55(57)42-19-7-4-8-20-42/h3-35,57-58H,36H2,1-2H3/b38-33-,57-55?. The molecule has 0 saturated heterocycles. The van der Waals surface area contributed by atoms with Crippen LogP contribution >= 0.6 is 11.8 Å². The lowest BCUT2D eigenvalue weighted by Gasteiger charge is -2.18. The van der Waals surface area contributed by atoms with E-state index >= 15 is 0 Å². The minimum absolute atomic E-state index is 0.498. The second kappa shape index (κ2) is 15.9. The Morgan fingerprint density at radius 3 is 2.03 bits per heavy atom. The summed E-state index contributed by atoms with van der Waals surface area (Å²) in [5, 5.41) is 20.4. The Balaban J connectivity index is 1.07. The Kier molecular flexibility index (Phi) is 9.84. The van der Waals surface area contributed by atoms with Gasteiger partial charge in [-0.25, -0.2) is 0 Å². The monoisotopic (exact) mass is 789 g/mol. The third-order valence-electron chi connectivity index (χ3n) is 11.7. The van der Waals surface area contributed by atoms with E-state index < -0.39 is 0 Å². The van der Waals surface area contributed by atoms with Gasteiger partial charge in [-0.15, -0.1) is 0 Å². The van der Waals surface area contributed by atoms with Gasteiger partial charge < -0.3 is 9.88 Å². The predicted octanol–water partition coefficient (Wildman–Crippen LogP) is 15.3. The average Bonchev–Trinajstić information content (AvgIpc) is 3.62. The van der Waals surface area contributed by atoms with Gasteiger partial charge in [-0.2, -0.15) is 0 Å².